The summed E-state index contributed by atoms with van der Waals surface area (Å²) in [4.78, 5) is 0. The first-order chi connectivity index (χ1) is 8.44. The quantitative estimate of drug-likeness (QED) is 0.388. The molecule has 3 nitrogen and oxygen atoms in total. The molecule has 0 heterocycles. The molecule has 1 rings (SSSR count). The molecule has 0 radical (unpaired) electrons. The lowest BCUT2D eigenvalue weighted by molar-refractivity contribution is -0.0329. The van der Waals surface area contributed by atoms with Gasteiger partial charge in [0.2, 0.25) is 0 Å². The Labute approximate surface area is 107 Å². The third kappa shape index (κ3) is 4.87. The lowest BCUT2D eigenvalue weighted by Gasteiger charge is -2.11. The van der Waals surface area contributed by atoms with Crippen LogP contribution in [0.5, 0.6) is 5.75 Å². The van der Waals surface area contributed by atoms with Crippen molar-refractivity contribution in [1.82, 2.24) is 0 Å². The molecule has 0 atom stereocenters. The molecule has 0 spiro atoms. The number of para-hydroxylation sites is 1. The van der Waals surface area contributed by atoms with Crippen LogP contribution in [-0.4, -0.2) is 28.8 Å². The van der Waals surface area contributed by atoms with Crippen molar-refractivity contribution in [3.05, 3.63) is 29.8 Å². The average molecular weight is 279 g/mol. The van der Waals surface area contributed by atoms with E-state index in [2.05, 4.69) is 5.16 Å². The first kappa shape index (κ1) is 14.7. The summed E-state index contributed by atoms with van der Waals surface area (Å²) in [5, 5.41) is 11.7. The SMILES string of the molecule is C/C(=N/O)c1ccccc1OCCSC(F)(F)F. The number of hydrogen-bond acceptors (Lipinski definition) is 4. The molecule has 18 heavy (non-hydrogen) atoms. The zero-order valence-corrected chi connectivity index (χ0v) is 10.4. The molecule has 1 aromatic rings. The van der Waals surface area contributed by atoms with Crippen molar-refractivity contribution in [2.75, 3.05) is 12.4 Å². The van der Waals surface area contributed by atoms with E-state index in [-0.39, 0.29) is 24.1 Å². The van der Waals surface area contributed by atoms with Crippen molar-refractivity contribution < 1.29 is 23.1 Å². The molecule has 0 aliphatic heterocycles. The minimum atomic E-state index is -4.24. The molecule has 1 aromatic carbocycles. The lowest BCUT2D eigenvalue weighted by atomic mass is 10.1. The Morgan fingerprint density at radius 3 is 2.67 bits per heavy atom. The molecule has 0 bridgehead atoms. The molecule has 1 N–H and O–H groups in total. The first-order valence-electron chi connectivity index (χ1n) is 5.05. The smallest absolute Gasteiger partial charge is 0.441 e. The fourth-order valence-corrected chi connectivity index (χ4v) is 1.65. The standard InChI is InChI=1S/C11H12F3NO2S/c1-8(15-16)9-4-2-3-5-10(9)17-6-7-18-11(12,13)14/h2-5,16H,6-7H2,1H3/b15-8-. The van der Waals surface area contributed by atoms with Crippen LogP contribution in [0.2, 0.25) is 0 Å². The lowest BCUT2D eigenvalue weighted by Crippen LogP contribution is -2.09. The summed E-state index contributed by atoms with van der Waals surface area (Å²) in [6, 6.07) is 6.70. The highest BCUT2D eigenvalue weighted by atomic mass is 32.2. The predicted molar refractivity (Wildman–Crippen MR) is 64.4 cm³/mol. The average Bonchev–Trinajstić information content (AvgIpc) is 2.33. The number of rotatable bonds is 5. The van der Waals surface area contributed by atoms with E-state index in [4.69, 9.17) is 9.94 Å². The van der Waals surface area contributed by atoms with Gasteiger partial charge in [-0.3, -0.25) is 0 Å². The minimum Gasteiger partial charge on any atom is -0.492 e. The van der Waals surface area contributed by atoms with Crippen LogP contribution < -0.4 is 4.74 Å². The zero-order chi connectivity index (χ0) is 13.6. The number of benzene rings is 1. The van der Waals surface area contributed by atoms with Gasteiger partial charge in [0.25, 0.3) is 0 Å². The van der Waals surface area contributed by atoms with E-state index in [1.54, 1.807) is 31.2 Å². The van der Waals surface area contributed by atoms with Crippen LogP contribution in [0.4, 0.5) is 13.2 Å². The molecule has 0 saturated heterocycles. The van der Waals surface area contributed by atoms with Crippen LogP contribution in [-0.2, 0) is 0 Å². The Morgan fingerprint density at radius 2 is 2.06 bits per heavy atom. The maximum absolute atomic E-state index is 11.9. The van der Waals surface area contributed by atoms with Crippen LogP contribution in [0.1, 0.15) is 12.5 Å². The minimum absolute atomic E-state index is 0.0695. The summed E-state index contributed by atoms with van der Waals surface area (Å²) < 4.78 is 40.9. The predicted octanol–water partition coefficient (Wildman–Crippen LogP) is 3.52. The van der Waals surface area contributed by atoms with E-state index in [1.165, 1.54) is 0 Å². The first-order valence-corrected chi connectivity index (χ1v) is 6.04. The van der Waals surface area contributed by atoms with Gasteiger partial charge in [-0.1, -0.05) is 17.3 Å². The zero-order valence-electron chi connectivity index (χ0n) is 9.57. The van der Waals surface area contributed by atoms with E-state index >= 15 is 0 Å². The number of oxime groups is 1. The Hall–Kier alpha value is -1.37. The van der Waals surface area contributed by atoms with Gasteiger partial charge >= 0.3 is 5.51 Å². The maximum Gasteiger partial charge on any atom is 0.441 e. The molecule has 0 aromatic heterocycles. The summed E-state index contributed by atoms with van der Waals surface area (Å²) in [6.07, 6.45) is 0. The molecule has 0 aliphatic carbocycles. The maximum atomic E-state index is 11.9. The third-order valence-electron chi connectivity index (χ3n) is 2.03. The Bertz CT molecular complexity index is 421. The third-order valence-corrected chi connectivity index (χ3v) is 2.73. The Kier molecular flexibility index (Phi) is 5.33. The number of ether oxygens (including phenoxy) is 1. The van der Waals surface area contributed by atoms with Gasteiger partial charge in [-0.25, -0.2) is 0 Å². The largest absolute Gasteiger partial charge is 0.492 e. The van der Waals surface area contributed by atoms with Gasteiger partial charge in [0.1, 0.15) is 5.75 Å². The van der Waals surface area contributed by atoms with Crippen LogP contribution in [0.3, 0.4) is 0 Å². The summed E-state index contributed by atoms with van der Waals surface area (Å²) in [5.41, 5.74) is -3.35. The summed E-state index contributed by atoms with van der Waals surface area (Å²) >= 11 is -0.132. The highest BCUT2D eigenvalue weighted by Crippen LogP contribution is 2.30. The number of alkyl halides is 3. The number of nitrogens with zero attached hydrogens (tertiary/aromatic N) is 1. The molecule has 0 unspecified atom stereocenters. The van der Waals surface area contributed by atoms with Crippen molar-refractivity contribution in [3.8, 4) is 5.75 Å². The second-order valence-electron chi connectivity index (χ2n) is 3.32. The fraction of sp³-hybridized carbons (Fsp3) is 0.364. The van der Waals surface area contributed by atoms with Gasteiger partial charge in [-0.15, -0.1) is 0 Å². The highest BCUT2D eigenvalue weighted by molar-refractivity contribution is 8.00. The topological polar surface area (TPSA) is 41.8 Å². The van der Waals surface area contributed by atoms with Gasteiger partial charge in [-0.2, -0.15) is 13.2 Å². The van der Waals surface area contributed by atoms with Crippen molar-refractivity contribution in [2.45, 2.75) is 12.4 Å². The fourth-order valence-electron chi connectivity index (χ4n) is 1.25. The Balaban J connectivity index is 2.57. The van der Waals surface area contributed by atoms with Crippen molar-refractivity contribution in [3.63, 3.8) is 0 Å². The second-order valence-corrected chi connectivity index (χ2v) is 4.48. The van der Waals surface area contributed by atoms with E-state index in [9.17, 15) is 13.2 Å². The van der Waals surface area contributed by atoms with Crippen LogP contribution in [0.25, 0.3) is 0 Å². The molecule has 0 saturated carbocycles. The van der Waals surface area contributed by atoms with E-state index in [0.717, 1.165) is 0 Å². The van der Waals surface area contributed by atoms with Crippen molar-refractivity contribution in [2.24, 2.45) is 5.16 Å². The normalized spacial score (nSPS) is 12.6. The van der Waals surface area contributed by atoms with Crippen LogP contribution >= 0.6 is 11.8 Å². The van der Waals surface area contributed by atoms with Crippen molar-refractivity contribution >= 4 is 17.5 Å². The van der Waals surface area contributed by atoms with Crippen LogP contribution in [0, 0.1) is 0 Å². The Morgan fingerprint density at radius 1 is 1.39 bits per heavy atom. The van der Waals surface area contributed by atoms with Crippen molar-refractivity contribution in [1.29, 1.82) is 0 Å². The van der Waals surface area contributed by atoms with Gasteiger partial charge in [0.05, 0.1) is 12.3 Å². The van der Waals surface area contributed by atoms with E-state index in [1.807, 2.05) is 0 Å². The van der Waals surface area contributed by atoms with Gasteiger partial charge < -0.3 is 9.94 Å². The molecule has 0 amide bonds. The molecule has 7 heteroatoms. The van der Waals surface area contributed by atoms with Gasteiger partial charge in [-0.05, 0) is 30.8 Å². The van der Waals surface area contributed by atoms with E-state index < -0.39 is 5.51 Å². The molecular weight excluding hydrogens is 267 g/mol. The van der Waals surface area contributed by atoms with Gasteiger partial charge in [0, 0.05) is 11.3 Å². The number of halogens is 3. The molecular formula is C11H12F3NO2S. The highest BCUT2D eigenvalue weighted by Gasteiger charge is 2.27. The van der Waals surface area contributed by atoms with Gasteiger partial charge in [0.15, 0.2) is 0 Å². The number of thioether (sulfide) groups is 1. The monoisotopic (exact) mass is 279 g/mol. The molecule has 100 valence electrons. The summed E-state index contributed by atoms with van der Waals surface area (Å²) in [5.74, 6) is 0.211. The number of hydrogen-bond donors (Lipinski definition) is 1. The van der Waals surface area contributed by atoms with E-state index in [0.29, 0.717) is 17.0 Å². The summed E-state index contributed by atoms with van der Waals surface area (Å²) in [7, 11) is 0. The molecule has 0 aliphatic rings. The molecule has 0 fully saturated rings. The van der Waals surface area contributed by atoms with Crippen LogP contribution in [0.15, 0.2) is 29.4 Å². The second kappa shape index (κ2) is 6.53. The summed E-state index contributed by atoms with van der Waals surface area (Å²) in [6.45, 7) is 1.51.